The molecule has 0 aliphatic heterocycles. The molecule has 0 unspecified atom stereocenters. The number of fused-ring (bicyclic) bond motifs is 1. The molecule has 7 nitrogen and oxygen atoms in total. The van der Waals surface area contributed by atoms with Gasteiger partial charge in [-0.3, -0.25) is 4.79 Å². The lowest BCUT2D eigenvalue weighted by Crippen LogP contribution is -2.38. The molecule has 0 fully saturated rings. The van der Waals surface area contributed by atoms with Crippen molar-refractivity contribution in [2.75, 3.05) is 25.0 Å². The maximum atomic E-state index is 11.8. The largest absolute Gasteiger partial charge is 0.462 e. The Hall–Kier alpha value is -2.61. The Kier molecular flexibility index (Phi) is 6.14. The Bertz CT molecular complexity index is 757. The van der Waals surface area contributed by atoms with Crippen molar-refractivity contribution in [3.05, 3.63) is 29.1 Å². The van der Waals surface area contributed by atoms with Crippen LogP contribution >= 0.6 is 11.3 Å². The molecule has 0 saturated heterocycles. The van der Waals surface area contributed by atoms with Gasteiger partial charge in [0.05, 0.1) is 13.2 Å². The number of likely N-dealkylation sites (N-methyl/N-ethyl adjacent to an activating group) is 1. The van der Waals surface area contributed by atoms with Gasteiger partial charge in [0, 0.05) is 16.9 Å². The summed E-state index contributed by atoms with van der Waals surface area (Å²) in [4.78, 5) is 35.3. The minimum Gasteiger partial charge on any atom is -0.462 e. The van der Waals surface area contributed by atoms with E-state index in [0.29, 0.717) is 23.7 Å². The van der Waals surface area contributed by atoms with Crippen molar-refractivity contribution in [2.45, 2.75) is 13.8 Å². The van der Waals surface area contributed by atoms with Crippen LogP contribution in [0.3, 0.4) is 0 Å². The third-order valence-electron chi connectivity index (χ3n) is 3.03. The summed E-state index contributed by atoms with van der Waals surface area (Å²) >= 11 is 1.34. The number of thiophene rings is 1. The first-order valence-corrected chi connectivity index (χ1v) is 8.37. The van der Waals surface area contributed by atoms with E-state index in [-0.39, 0.29) is 18.4 Å². The normalized spacial score (nSPS) is 10.2. The fourth-order valence-corrected chi connectivity index (χ4v) is 2.96. The number of benzene rings is 1. The predicted octanol–water partition coefficient (Wildman–Crippen LogP) is 2.34. The summed E-state index contributed by atoms with van der Waals surface area (Å²) in [6, 6.07) is 6.58. The van der Waals surface area contributed by atoms with Crippen molar-refractivity contribution >= 4 is 45.0 Å². The molecule has 0 bridgehead atoms. The minimum absolute atomic E-state index is 0.0899. The molecule has 1 aromatic carbocycles. The van der Waals surface area contributed by atoms with Crippen LogP contribution in [0.2, 0.25) is 0 Å². The van der Waals surface area contributed by atoms with Gasteiger partial charge in [0.25, 0.3) is 0 Å². The van der Waals surface area contributed by atoms with Gasteiger partial charge in [0.15, 0.2) is 0 Å². The van der Waals surface area contributed by atoms with Gasteiger partial charge in [-0.2, -0.15) is 0 Å². The van der Waals surface area contributed by atoms with Crippen molar-refractivity contribution in [3.63, 3.8) is 0 Å². The zero-order chi connectivity index (χ0) is 17.5. The summed E-state index contributed by atoms with van der Waals surface area (Å²) in [5.41, 5.74) is 0.573. The van der Waals surface area contributed by atoms with Crippen molar-refractivity contribution in [1.29, 1.82) is 0 Å². The Labute approximate surface area is 143 Å². The highest BCUT2D eigenvalue weighted by molar-refractivity contribution is 7.20. The zero-order valence-electron chi connectivity index (χ0n) is 13.5. The van der Waals surface area contributed by atoms with E-state index in [4.69, 9.17) is 4.74 Å². The number of rotatable bonds is 6. The van der Waals surface area contributed by atoms with Gasteiger partial charge in [-0.15, -0.1) is 11.3 Å². The van der Waals surface area contributed by atoms with E-state index in [2.05, 4.69) is 16.0 Å². The molecule has 3 amide bonds. The number of hydrogen-bond acceptors (Lipinski definition) is 5. The SMILES string of the molecule is CCNC(=O)CNC(=O)Nc1ccc2sc(C(=O)OCC)cc2c1. The fourth-order valence-electron chi connectivity index (χ4n) is 2.02. The van der Waals surface area contributed by atoms with E-state index in [0.717, 1.165) is 10.1 Å². The van der Waals surface area contributed by atoms with Crippen LogP contribution in [-0.4, -0.2) is 37.6 Å². The van der Waals surface area contributed by atoms with E-state index < -0.39 is 6.03 Å². The lowest BCUT2D eigenvalue weighted by Gasteiger charge is -2.07. The van der Waals surface area contributed by atoms with Crippen molar-refractivity contribution in [2.24, 2.45) is 0 Å². The molecule has 1 aromatic heterocycles. The van der Waals surface area contributed by atoms with Gasteiger partial charge in [-0.25, -0.2) is 9.59 Å². The highest BCUT2D eigenvalue weighted by atomic mass is 32.1. The van der Waals surface area contributed by atoms with Crippen LogP contribution in [0, 0.1) is 0 Å². The van der Waals surface area contributed by atoms with Crippen molar-refractivity contribution < 1.29 is 19.1 Å². The highest BCUT2D eigenvalue weighted by Crippen LogP contribution is 2.28. The molecular weight excluding hydrogens is 330 g/mol. The van der Waals surface area contributed by atoms with E-state index in [1.54, 1.807) is 32.0 Å². The highest BCUT2D eigenvalue weighted by Gasteiger charge is 2.12. The first-order valence-electron chi connectivity index (χ1n) is 7.55. The lowest BCUT2D eigenvalue weighted by molar-refractivity contribution is -0.119. The fraction of sp³-hybridized carbons (Fsp3) is 0.312. The number of hydrogen-bond donors (Lipinski definition) is 3. The Morgan fingerprint density at radius 1 is 1.12 bits per heavy atom. The molecule has 0 atom stereocenters. The average molecular weight is 349 g/mol. The number of ether oxygens (including phenoxy) is 1. The second kappa shape index (κ2) is 8.30. The molecule has 1 heterocycles. The summed E-state index contributed by atoms with van der Waals surface area (Å²) < 4.78 is 5.90. The number of esters is 1. The summed E-state index contributed by atoms with van der Waals surface area (Å²) in [5, 5.41) is 8.55. The van der Waals surface area contributed by atoms with Crippen LogP contribution in [0.5, 0.6) is 0 Å². The number of carbonyl (C=O) groups excluding carboxylic acids is 3. The van der Waals surface area contributed by atoms with E-state index in [1.165, 1.54) is 11.3 Å². The summed E-state index contributed by atoms with van der Waals surface area (Å²) in [7, 11) is 0. The minimum atomic E-state index is -0.471. The quantitative estimate of drug-likeness (QED) is 0.697. The molecule has 0 radical (unpaired) electrons. The van der Waals surface area contributed by atoms with E-state index in [1.807, 2.05) is 6.07 Å². The Morgan fingerprint density at radius 2 is 1.92 bits per heavy atom. The van der Waals surface area contributed by atoms with Crippen molar-refractivity contribution in [1.82, 2.24) is 10.6 Å². The van der Waals surface area contributed by atoms with Crippen LogP contribution < -0.4 is 16.0 Å². The molecule has 0 aliphatic carbocycles. The van der Waals surface area contributed by atoms with Crippen LogP contribution in [0.25, 0.3) is 10.1 Å². The Morgan fingerprint density at radius 3 is 2.62 bits per heavy atom. The van der Waals surface area contributed by atoms with Gasteiger partial charge in [-0.1, -0.05) is 0 Å². The first kappa shape index (κ1) is 17.7. The molecular formula is C16H19N3O4S. The maximum absolute atomic E-state index is 11.8. The number of nitrogens with one attached hydrogen (secondary N) is 3. The molecule has 2 aromatic rings. The van der Waals surface area contributed by atoms with Crippen LogP contribution in [0.15, 0.2) is 24.3 Å². The number of anilines is 1. The van der Waals surface area contributed by atoms with Gasteiger partial charge < -0.3 is 20.7 Å². The summed E-state index contributed by atoms with van der Waals surface area (Å²) in [6.07, 6.45) is 0. The molecule has 0 saturated carbocycles. The van der Waals surface area contributed by atoms with E-state index in [9.17, 15) is 14.4 Å². The van der Waals surface area contributed by atoms with Crippen LogP contribution in [0.4, 0.5) is 10.5 Å². The topological polar surface area (TPSA) is 96.5 Å². The first-order chi connectivity index (χ1) is 11.5. The number of carbonyl (C=O) groups is 3. The molecule has 128 valence electrons. The summed E-state index contributed by atoms with van der Waals surface area (Å²) in [6.45, 7) is 4.31. The molecule has 0 spiro atoms. The van der Waals surface area contributed by atoms with Gasteiger partial charge in [0.1, 0.15) is 4.88 Å². The van der Waals surface area contributed by atoms with Crippen molar-refractivity contribution in [3.8, 4) is 0 Å². The standard InChI is InChI=1S/C16H19N3O4S/c1-3-17-14(20)9-18-16(22)19-11-5-6-12-10(7-11)8-13(24-12)15(21)23-4-2/h5-8H,3-4,9H2,1-2H3,(H,17,20)(H2,18,19,22). The number of urea groups is 1. The van der Waals surface area contributed by atoms with Gasteiger partial charge in [0.2, 0.25) is 5.91 Å². The zero-order valence-corrected chi connectivity index (χ0v) is 14.3. The third kappa shape index (κ3) is 4.69. The van der Waals surface area contributed by atoms with E-state index >= 15 is 0 Å². The van der Waals surface area contributed by atoms with Crippen LogP contribution in [0.1, 0.15) is 23.5 Å². The van der Waals surface area contributed by atoms with Gasteiger partial charge >= 0.3 is 12.0 Å². The molecule has 0 aliphatic rings. The average Bonchev–Trinajstić information content (AvgIpc) is 2.97. The van der Waals surface area contributed by atoms with Crippen LogP contribution in [-0.2, 0) is 9.53 Å². The third-order valence-corrected chi connectivity index (χ3v) is 4.13. The monoisotopic (exact) mass is 349 g/mol. The predicted molar refractivity (Wildman–Crippen MR) is 93.5 cm³/mol. The van der Waals surface area contributed by atoms with Gasteiger partial charge in [-0.05, 0) is 43.5 Å². The second-order valence-electron chi connectivity index (χ2n) is 4.84. The maximum Gasteiger partial charge on any atom is 0.348 e. The second-order valence-corrected chi connectivity index (χ2v) is 5.93. The lowest BCUT2D eigenvalue weighted by atomic mass is 10.2. The number of amides is 3. The molecule has 24 heavy (non-hydrogen) atoms. The smallest absolute Gasteiger partial charge is 0.348 e. The summed E-state index contributed by atoms with van der Waals surface area (Å²) in [5.74, 6) is -0.604. The molecule has 3 N–H and O–H groups in total. The molecule has 8 heteroatoms. The molecule has 2 rings (SSSR count). The Balaban J connectivity index is 2.01.